The first-order chi connectivity index (χ1) is 9.85. The maximum atomic E-state index is 12.2. The lowest BCUT2D eigenvalue weighted by Crippen LogP contribution is -2.35. The molecule has 0 aliphatic rings. The Morgan fingerprint density at radius 3 is 2.76 bits per heavy atom. The summed E-state index contributed by atoms with van der Waals surface area (Å²) in [6.07, 6.45) is 1.77. The minimum absolute atomic E-state index is 0.160. The quantitative estimate of drug-likeness (QED) is 0.739. The van der Waals surface area contributed by atoms with Crippen LogP contribution in [0.5, 0.6) is 0 Å². The molecule has 6 nitrogen and oxygen atoms in total. The maximum Gasteiger partial charge on any atom is 0.328 e. The number of thiophene rings is 1. The molecule has 1 heterocycles. The van der Waals surface area contributed by atoms with Gasteiger partial charge < -0.3 is 19.8 Å². The Kier molecular flexibility index (Phi) is 6.54. The number of amides is 1. The number of methoxy groups -OCH3 is 1. The third-order valence-corrected chi connectivity index (χ3v) is 3.92. The van der Waals surface area contributed by atoms with Gasteiger partial charge in [0.05, 0.1) is 17.6 Å². The van der Waals surface area contributed by atoms with E-state index in [1.807, 2.05) is 6.92 Å². The molecule has 0 saturated carbocycles. The van der Waals surface area contributed by atoms with Gasteiger partial charge in [-0.15, -0.1) is 11.3 Å². The molecule has 0 saturated heterocycles. The van der Waals surface area contributed by atoms with E-state index in [4.69, 9.17) is 9.84 Å². The van der Waals surface area contributed by atoms with Gasteiger partial charge in [0.2, 0.25) is 0 Å². The average molecular weight is 313 g/mol. The number of ether oxygens (including phenoxy) is 1. The number of aliphatic hydroxyl groups is 1. The molecule has 0 aromatic carbocycles. The first-order valence-electron chi connectivity index (χ1n) is 6.29. The number of rotatable bonds is 7. The van der Waals surface area contributed by atoms with Gasteiger partial charge in [-0.2, -0.15) is 0 Å². The van der Waals surface area contributed by atoms with Crippen molar-refractivity contribution in [2.75, 3.05) is 27.3 Å². The van der Waals surface area contributed by atoms with Crippen molar-refractivity contribution >= 4 is 29.3 Å². The summed E-state index contributed by atoms with van der Waals surface area (Å²) in [5.41, 5.74) is 0.840. The van der Waals surface area contributed by atoms with Gasteiger partial charge in [-0.1, -0.05) is 0 Å². The highest BCUT2D eigenvalue weighted by Crippen LogP contribution is 2.24. The highest BCUT2D eigenvalue weighted by Gasteiger charge is 2.18. The Morgan fingerprint density at radius 1 is 1.52 bits per heavy atom. The first kappa shape index (κ1) is 17.4. The van der Waals surface area contributed by atoms with Crippen molar-refractivity contribution in [1.29, 1.82) is 0 Å². The van der Waals surface area contributed by atoms with Crippen LogP contribution in [0, 0.1) is 6.92 Å². The molecule has 1 atom stereocenters. The summed E-state index contributed by atoms with van der Waals surface area (Å²) < 4.78 is 4.82. The van der Waals surface area contributed by atoms with Gasteiger partial charge in [0.15, 0.2) is 0 Å². The molecular formula is C14H19NO5S. The fraction of sp³-hybridized carbons (Fsp3) is 0.429. The van der Waals surface area contributed by atoms with Crippen LogP contribution in [0.15, 0.2) is 12.1 Å². The number of aliphatic hydroxyl groups excluding tert-OH is 1. The minimum Gasteiger partial charge on any atom is -0.478 e. The van der Waals surface area contributed by atoms with E-state index in [9.17, 15) is 14.7 Å². The predicted octanol–water partition coefficient (Wildman–Crippen LogP) is 1.23. The number of carbonyl (C=O) groups is 2. The van der Waals surface area contributed by atoms with Crippen molar-refractivity contribution in [1.82, 2.24) is 4.90 Å². The van der Waals surface area contributed by atoms with E-state index in [1.54, 1.807) is 13.1 Å². The van der Waals surface area contributed by atoms with Crippen molar-refractivity contribution in [3.8, 4) is 0 Å². The van der Waals surface area contributed by atoms with Crippen molar-refractivity contribution in [3.05, 3.63) is 27.5 Å². The second-order valence-corrected chi connectivity index (χ2v) is 5.71. The van der Waals surface area contributed by atoms with E-state index in [0.29, 0.717) is 4.88 Å². The summed E-state index contributed by atoms with van der Waals surface area (Å²) in [6, 6.07) is 1.72. The van der Waals surface area contributed by atoms with E-state index < -0.39 is 12.1 Å². The molecule has 1 aromatic rings. The zero-order valence-corrected chi connectivity index (χ0v) is 13.0. The smallest absolute Gasteiger partial charge is 0.328 e. The van der Waals surface area contributed by atoms with Crippen LogP contribution in [0.1, 0.15) is 20.1 Å². The summed E-state index contributed by atoms with van der Waals surface area (Å²) in [4.78, 5) is 25.4. The summed E-state index contributed by atoms with van der Waals surface area (Å²) >= 11 is 1.22. The van der Waals surface area contributed by atoms with Gasteiger partial charge in [0.25, 0.3) is 5.91 Å². The minimum atomic E-state index is -1.03. The largest absolute Gasteiger partial charge is 0.478 e. The third-order valence-electron chi connectivity index (χ3n) is 2.73. The van der Waals surface area contributed by atoms with Crippen molar-refractivity contribution in [3.63, 3.8) is 0 Å². The lowest BCUT2D eigenvalue weighted by molar-refractivity contribution is -0.131. The molecule has 1 rings (SSSR count). The van der Waals surface area contributed by atoms with E-state index in [0.717, 1.165) is 16.5 Å². The van der Waals surface area contributed by atoms with E-state index in [2.05, 4.69) is 0 Å². The number of hydrogen-bond donors (Lipinski definition) is 2. The van der Waals surface area contributed by atoms with Crippen LogP contribution in [0.4, 0.5) is 0 Å². The van der Waals surface area contributed by atoms with Gasteiger partial charge in [-0.05, 0) is 24.6 Å². The van der Waals surface area contributed by atoms with E-state index in [1.165, 1.54) is 29.4 Å². The molecule has 7 heteroatoms. The number of aryl methyl sites for hydroxylation is 1. The molecule has 1 aromatic heterocycles. The van der Waals surface area contributed by atoms with Crippen LogP contribution in [-0.4, -0.2) is 60.4 Å². The molecule has 0 aliphatic carbocycles. The van der Waals surface area contributed by atoms with Crippen LogP contribution in [-0.2, 0) is 9.53 Å². The number of aliphatic carboxylic acids is 1. The van der Waals surface area contributed by atoms with Gasteiger partial charge >= 0.3 is 5.97 Å². The number of carbonyl (C=O) groups excluding carboxylic acids is 1. The van der Waals surface area contributed by atoms with Gasteiger partial charge in [0.1, 0.15) is 0 Å². The monoisotopic (exact) mass is 313 g/mol. The highest BCUT2D eigenvalue weighted by atomic mass is 32.1. The van der Waals surface area contributed by atoms with Crippen molar-refractivity contribution in [2.45, 2.75) is 13.0 Å². The standard InChI is InChI=1S/C14H19NO5S/c1-9-6-12(21-11(9)4-5-13(17)18)14(19)15(2)7-10(16)8-20-3/h4-6,10,16H,7-8H2,1-3H3,(H,17,18)/b5-4+. The van der Waals surface area contributed by atoms with E-state index in [-0.39, 0.29) is 19.1 Å². The van der Waals surface area contributed by atoms with Crippen LogP contribution >= 0.6 is 11.3 Å². The highest BCUT2D eigenvalue weighted by molar-refractivity contribution is 7.15. The van der Waals surface area contributed by atoms with Crippen LogP contribution in [0.2, 0.25) is 0 Å². The zero-order chi connectivity index (χ0) is 16.0. The summed E-state index contributed by atoms with van der Waals surface area (Å²) in [7, 11) is 3.08. The number of carboxylic acid groups (broad SMARTS) is 1. The molecule has 116 valence electrons. The first-order valence-corrected chi connectivity index (χ1v) is 7.10. The second-order valence-electron chi connectivity index (χ2n) is 4.62. The summed E-state index contributed by atoms with van der Waals surface area (Å²) in [5.74, 6) is -1.25. The predicted molar refractivity (Wildman–Crippen MR) is 80.6 cm³/mol. The van der Waals surface area contributed by atoms with Crippen LogP contribution < -0.4 is 0 Å². The Labute approximate surface area is 127 Å². The molecular weight excluding hydrogens is 294 g/mol. The van der Waals surface area contributed by atoms with Crippen LogP contribution in [0.25, 0.3) is 6.08 Å². The number of likely N-dealkylation sites (N-methyl/N-ethyl adjacent to an activating group) is 1. The Bertz CT molecular complexity index is 537. The molecule has 0 radical (unpaired) electrons. The number of nitrogens with zero attached hydrogens (tertiary/aromatic N) is 1. The Balaban J connectivity index is 2.79. The molecule has 21 heavy (non-hydrogen) atoms. The normalized spacial score (nSPS) is 12.6. The lowest BCUT2D eigenvalue weighted by atomic mass is 10.2. The SMILES string of the molecule is COCC(O)CN(C)C(=O)c1cc(C)c(/C=C/C(=O)O)s1. The van der Waals surface area contributed by atoms with Crippen molar-refractivity contribution < 1.29 is 24.5 Å². The summed E-state index contributed by atoms with van der Waals surface area (Å²) in [5, 5.41) is 18.3. The third kappa shape index (κ3) is 5.30. The number of hydrogen-bond acceptors (Lipinski definition) is 5. The second kappa shape index (κ2) is 7.92. The average Bonchev–Trinajstić information content (AvgIpc) is 2.77. The molecule has 1 amide bonds. The Hall–Kier alpha value is -1.70. The fourth-order valence-corrected chi connectivity index (χ4v) is 2.82. The van der Waals surface area contributed by atoms with Gasteiger partial charge in [-0.25, -0.2) is 4.79 Å². The molecule has 1 unspecified atom stereocenters. The zero-order valence-electron chi connectivity index (χ0n) is 12.2. The lowest BCUT2D eigenvalue weighted by Gasteiger charge is -2.19. The fourth-order valence-electron chi connectivity index (χ4n) is 1.75. The van der Waals surface area contributed by atoms with E-state index >= 15 is 0 Å². The van der Waals surface area contributed by atoms with Crippen molar-refractivity contribution in [2.24, 2.45) is 0 Å². The topological polar surface area (TPSA) is 87.1 Å². The Morgan fingerprint density at radius 2 is 2.19 bits per heavy atom. The number of carboxylic acids is 1. The molecule has 2 N–H and O–H groups in total. The molecule has 0 aliphatic heterocycles. The van der Waals surface area contributed by atoms with Gasteiger partial charge in [-0.3, -0.25) is 4.79 Å². The molecule has 0 fully saturated rings. The maximum absolute atomic E-state index is 12.2. The van der Waals surface area contributed by atoms with Crippen LogP contribution in [0.3, 0.4) is 0 Å². The molecule has 0 spiro atoms. The van der Waals surface area contributed by atoms with Gasteiger partial charge in [0, 0.05) is 31.7 Å². The molecule has 0 bridgehead atoms. The summed E-state index contributed by atoms with van der Waals surface area (Å²) in [6.45, 7) is 2.15.